The van der Waals surface area contributed by atoms with Crippen molar-refractivity contribution in [1.29, 1.82) is 0 Å². The third-order valence-electron chi connectivity index (χ3n) is 5.43. The Labute approximate surface area is 241 Å². The molecule has 0 spiro atoms. The molecule has 0 aliphatic carbocycles. The maximum atomic E-state index is 11.8. The molecule has 0 saturated heterocycles. The molecule has 0 aliphatic heterocycles. The molecule has 0 atom stereocenters. The molecule has 0 saturated carbocycles. The fourth-order valence-electron chi connectivity index (χ4n) is 3.41. The zero-order chi connectivity index (χ0) is 30.9. The van der Waals surface area contributed by atoms with Crippen molar-refractivity contribution >= 4 is 29.4 Å². The van der Waals surface area contributed by atoms with Crippen molar-refractivity contribution in [2.75, 3.05) is 0 Å². The van der Waals surface area contributed by atoms with Gasteiger partial charge < -0.3 is 0 Å². The molecule has 0 aromatic heterocycles. The topological polar surface area (TPSA) is 238 Å². The quantitative estimate of drug-likeness (QED) is 0.0703. The van der Waals surface area contributed by atoms with Crippen molar-refractivity contribution in [2.45, 2.75) is 0 Å². The van der Waals surface area contributed by atoms with Gasteiger partial charge in [0.1, 0.15) is 0 Å². The number of nitrogens with two attached hydrogens (primary N) is 4. The van der Waals surface area contributed by atoms with E-state index in [-0.39, 0.29) is 28.0 Å². The van der Waals surface area contributed by atoms with Crippen LogP contribution in [0.4, 0.5) is 0 Å². The summed E-state index contributed by atoms with van der Waals surface area (Å²) >= 11 is 0. The smallest absolute Gasteiger partial charge is 0.265 e. The van der Waals surface area contributed by atoms with Crippen LogP contribution in [0.5, 0.6) is 0 Å². The van der Waals surface area contributed by atoms with Crippen molar-refractivity contribution < 1.29 is 24.0 Å². The van der Waals surface area contributed by atoms with E-state index in [1.807, 2.05) is 82.4 Å². The maximum absolute atomic E-state index is 11.8. The van der Waals surface area contributed by atoms with E-state index in [1.165, 1.54) is 24.3 Å². The van der Waals surface area contributed by atoms with Crippen LogP contribution < -0.4 is 45.1 Å². The number of benzene rings is 4. The third-order valence-corrected chi connectivity index (χ3v) is 5.43. The van der Waals surface area contributed by atoms with E-state index in [0.29, 0.717) is 0 Å². The van der Waals surface area contributed by atoms with Crippen LogP contribution in [0, 0.1) is 0 Å². The van der Waals surface area contributed by atoms with Crippen molar-refractivity contribution in [1.82, 2.24) is 21.7 Å². The number of rotatable bonds is 6. The molecular formula is C29H30N8O5. The summed E-state index contributed by atoms with van der Waals surface area (Å²) in [6.45, 7) is 0. The van der Waals surface area contributed by atoms with E-state index in [4.69, 9.17) is 23.4 Å². The molecule has 4 rings (SSSR count). The first kappa shape index (κ1) is 32.5. The lowest BCUT2D eigenvalue weighted by Crippen LogP contribution is -2.35. The minimum absolute atomic E-state index is 0.0752. The highest BCUT2D eigenvalue weighted by atomic mass is 16.2. The Bertz CT molecular complexity index is 1330. The zero-order valence-corrected chi connectivity index (χ0v) is 22.2. The van der Waals surface area contributed by atoms with Crippen LogP contribution in [-0.4, -0.2) is 29.4 Å². The predicted molar refractivity (Wildman–Crippen MR) is 156 cm³/mol. The summed E-state index contributed by atoms with van der Waals surface area (Å²) < 4.78 is 0. The Morgan fingerprint density at radius 1 is 0.357 bits per heavy atom. The molecule has 4 aromatic rings. The van der Waals surface area contributed by atoms with Crippen molar-refractivity contribution in [2.24, 2.45) is 23.4 Å². The Balaban J connectivity index is 0.000000220. The highest BCUT2D eigenvalue weighted by molar-refractivity contribution is 6.09. The Kier molecular flexibility index (Phi) is 13.2. The second kappa shape index (κ2) is 17.1. The van der Waals surface area contributed by atoms with Gasteiger partial charge in [-0.25, -0.2) is 23.4 Å². The molecular weight excluding hydrogens is 540 g/mol. The number of nitrogens with one attached hydrogen (secondary N) is 4. The van der Waals surface area contributed by atoms with Gasteiger partial charge in [0.25, 0.3) is 23.6 Å². The van der Waals surface area contributed by atoms with E-state index in [0.717, 1.165) is 11.1 Å². The lowest BCUT2D eigenvalue weighted by atomic mass is 10.0. The number of ketones is 1. The Hall–Kier alpha value is -5.73. The maximum Gasteiger partial charge on any atom is 0.265 e. The minimum atomic E-state index is -0.538. The fourth-order valence-corrected chi connectivity index (χ4v) is 3.41. The van der Waals surface area contributed by atoms with Crippen molar-refractivity contribution in [3.63, 3.8) is 0 Å². The first-order chi connectivity index (χ1) is 20.3. The van der Waals surface area contributed by atoms with E-state index in [2.05, 4.69) is 0 Å². The van der Waals surface area contributed by atoms with Gasteiger partial charge >= 0.3 is 0 Å². The lowest BCUT2D eigenvalue weighted by molar-refractivity contribution is 0.0919. The van der Waals surface area contributed by atoms with Crippen LogP contribution in [0.3, 0.4) is 0 Å². The molecule has 42 heavy (non-hydrogen) atoms. The first-order valence-electron chi connectivity index (χ1n) is 12.2. The molecule has 4 aromatic carbocycles. The van der Waals surface area contributed by atoms with Crippen LogP contribution in [-0.2, 0) is 0 Å². The monoisotopic (exact) mass is 570 g/mol. The molecule has 216 valence electrons. The van der Waals surface area contributed by atoms with Crippen LogP contribution in [0.15, 0.2) is 109 Å². The normalized spacial score (nSPS) is 9.43. The van der Waals surface area contributed by atoms with Gasteiger partial charge in [0.15, 0.2) is 5.78 Å². The molecule has 0 heterocycles. The van der Waals surface area contributed by atoms with Crippen LogP contribution in [0.1, 0.15) is 57.4 Å². The van der Waals surface area contributed by atoms with Crippen LogP contribution in [0.25, 0.3) is 0 Å². The van der Waals surface area contributed by atoms with Gasteiger partial charge in [0.05, 0.1) is 22.3 Å². The minimum Gasteiger partial charge on any atom is -0.290 e. The van der Waals surface area contributed by atoms with E-state index in [1.54, 1.807) is 24.3 Å². The van der Waals surface area contributed by atoms with Crippen molar-refractivity contribution in [3.05, 3.63) is 143 Å². The lowest BCUT2D eigenvalue weighted by Gasteiger charge is -2.05. The van der Waals surface area contributed by atoms with Gasteiger partial charge in [-0.05, 0) is 24.3 Å². The van der Waals surface area contributed by atoms with Crippen LogP contribution >= 0.6 is 0 Å². The zero-order valence-electron chi connectivity index (χ0n) is 22.2. The third kappa shape index (κ3) is 9.18. The molecule has 0 unspecified atom stereocenters. The van der Waals surface area contributed by atoms with E-state index in [9.17, 15) is 24.0 Å². The number of amides is 4. The average molecular weight is 571 g/mol. The molecule has 0 aliphatic rings. The number of hydrogen-bond donors (Lipinski definition) is 8. The van der Waals surface area contributed by atoms with Gasteiger partial charge in [-0.1, -0.05) is 84.9 Å². The standard InChI is InChI=1S/C13H10O.2C8H10N4O2/c14-13(11-7-3-1-4-8-11)12-9-5-2-6-10-12;2*9-11-7(13)5-3-1-2-4-6(5)8(14)12-10/h1-10H;2*1-4H,9-10H2,(H,11,13)(H,12,14). The average Bonchev–Trinajstić information content (AvgIpc) is 3.07. The second-order valence-corrected chi connectivity index (χ2v) is 8.05. The SMILES string of the molecule is NNC(=O)c1ccccc1C(=O)NN.NNC(=O)c1ccccc1C(=O)NN.O=C(c1ccccc1)c1ccccc1. The summed E-state index contributed by atoms with van der Waals surface area (Å²) in [5.74, 6) is 17.7. The molecule has 13 heteroatoms. The number of carbonyl (C=O) groups excluding carboxylic acids is 5. The number of hydrazine groups is 4. The Morgan fingerprint density at radius 3 is 0.786 bits per heavy atom. The fraction of sp³-hybridized carbons (Fsp3) is 0. The Morgan fingerprint density at radius 2 is 0.571 bits per heavy atom. The van der Waals surface area contributed by atoms with Crippen molar-refractivity contribution in [3.8, 4) is 0 Å². The van der Waals surface area contributed by atoms with E-state index < -0.39 is 23.6 Å². The van der Waals surface area contributed by atoms with Gasteiger partial charge in [-0.15, -0.1) is 0 Å². The second-order valence-electron chi connectivity index (χ2n) is 8.05. The summed E-state index contributed by atoms with van der Waals surface area (Å²) in [4.78, 5) is 56.6. The molecule has 13 nitrogen and oxygen atoms in total. The molecule has 0 fully saturated rings. The number of nitrogen functional groups attached to an aromatic ring is 4. The molecule has 12 N–H and O–H groups in total. The van der Waals surface area contributed by atoms with Gasteiger partial charge in [0.2, 0.25) is 0 Å². The molecule has 4 amide bonds. The number of carbonyl (C=O) groups is 5. The first-order valence-corrected chi connectivity index (χ1v) is 12.2. The van der Waals surface area contributed by atoms with Gasteiger partial charge in [0, 0.05) is 11.1 Å². The van der Waals surface area contributed by atoms with E-state index >= 15 is 0 Å². The summed E-state index contributed by atoms with van der Waals surface area (Å²) in [5, 5.41) is 0. The van der Waals surface area contributed by atoms with Gasteiger partial charge in [-0.2, -0.15) is 0 Å². The van der Waals surface area contributed by atoms with Crippen LogP contribution in [0.2, 0.25) is 0 Å². The molecule has 0 radical (unpaired) electrons. The summed E-state index contributed by atoms with van der Waals surface area (Å²) in [7, 11) is 0. The molecule has 0 bridgehead atoms. The number of hydrogen-bond acceptors (Lipinski definition) is 9. The summed E-state index contributed by atoms with van der Waals surface area (Å²) in [5.41, 5.74) is 9.95. The highest BCUT2D eigenvalue weighted by Gasteiger charge is 2.15. The van der Waals surface area contributed by atoms with Gasteiger partial charge in [-0.3, -0.25) is 45.7 Å². The largest absolute Gasteiger partial charge is 0.290 e. The predicted octanol–water partition coefficient (Wildman–Crippen LogP) is 0.705. The summed E-state index contributed by atoms with van der Waals surface area (Å²) in [6, 6.07) is 31.0. The summed E-state index contributed by atoms with van der Waals surface area (Å²) in [6.07, 6.45) is 0. The highest BCUT2D eigenvalue weighted by Crippen LogP contribution is 2.10.